The quantitative estimate of drug-likeness (QED) is 0.632. The van der Waals surface area contributed by atoms with Crippen LogP contribution in [0.2, 0.25) is 0 Å². The molecule has 0 radical (unpaired) electrons. The average molecular weight is 422 g/mol. The minimum absolute atomic E-state index is 0.172. The Morgan fingerprint density at radius 2 is 1.65 bits per heavy atom. The van der Waals surface area contributed by atoms with Crippen LogP contribution in [0.25, 0.3) is 0 Å². The lowest BCUT2D eigenvalue weighted by Crippen LogP contribution is -2.49. The normalized spacial score (nSPS) is 13.9. The Bertz CT molecular complexity index is 1100. The number of hydrogen-bond acceptors (Lipinski definition) is 5. The molecular weight excluding hydrogens is 399 g/mol. The molecule has 0 bridgehead atoms. The van der Waals surface area contributed by atoms with Crippen molar-refractivity contribution in [2.75, 3.05) is 38.2 Å². The zero-order valence-electron chi connectivity index (χ0n) is 17.2. The Labute approximate surface area is 179 Å². The summed E-state index contributed by atoms with van der Waals surface area (Å²) in [6, 6.07) is 16.5. The first-order chi connectivity index (χ1) is 15.0. The molecule has 160 valence electrons. The highest BCUT2D eigenvalue weighted by atomic mass is 19.1. The van der Waals surface area contributed by atoms with Gasteiger partial charge in [-0.3, -0.25) is 9.59 Å². The SMILES string of the molecule is COc1ccc(N2CCN(C(=O)c3ccc(=O)n(Cc4ccc(F)cc4)n3)CC2)cc1. The van der Waals surface area contributed by atoms with E-state index in [9.17, 15) is 14.0 Å². The number of nitrogens with zero attached hydrogens (tertiary/aromatic N) is 4. The van der Waals surface area contributed by atoms with Crippen molar-refractivity contribution in [3.63, 3.8) is 0 Å². The standard InChI is InChI=1S/C23H23FN4O3/c1-31-20-8-6-19(7-9-20)26-12-14-27(15-13-26)23(30)21-10-11-22(29)28(25-21)16-17-2-4-18(24)5-3-17/h2-11H,12-16H2,1H3. The van der Waals surface area contributed by atoms with Crippen LogP contribution in [0, 0.1) is 5.82 Å². The number of carbonyl (C=O) groups excluding carboxylic acids is 1. The second kappa shape index (κ2) is 8.99. The van der Waals surface area contributed by atoms with Gasteiger partial charge in [0.05, 0.1) is 13.7 Å². The Morgan fingerprint density at radius 1 is 0.968 bits per heavy atom. The molecule has 0 unspecified atom stereocenters. The maximum atomic E-state index is 13.1. The van der Waals surface area contributed by atoms with Gasteiger partial charge in [-0.15, -0.1) is 0 Å². The van der Waals surface area contributed by atoms with E-state index in [0.717, 1.165) is 17.0 Å². The van der Waals surface area contributed by atoms with Crippen molar-refractivity contribution in [3.8, 4) is 5.75 Å². The van der Waals surface area contributed by atoms with Gasteiger partial charge >= 0.3 is 0 Å². The number of rotatable bonds is 5. The number of ether oxygens (including phenoxy) is 1. The van der Waals surface area contributed by atoms with Crippen LogP contribution in [0.5, 0.6) is 5.75 Å². The number of anilines is 1. The third-order valence-electron chi connectivity index (χ3n) is 5.34. The van der Waals surface area contributed by atoms with Crippen molar-refractivity contribution in [1.82, 2.24) is 14.7 Å². The maximum absolute atomic E-state index is 13.1. The van der Waals surface area contributed by atoms with Gasteiger partial charge in [-0.25, -0.2) is 9.07 Å². The molecule has 1 aliphatic rings. The smallest absolute Gasteiger partial charge is 0.274 e. The van der Waals surface area contributed by atoms with E-state index in [0.29, 0.717) is 26.2 Å². The van der Waals surface area contributed by atoms with E-state index < -0.39 is 0 Å². The predicted octanol–water partition coefficient (Wildman–Crippen LogP) is 2.40. The van der Waals surface area contributed by atoms with Crippen LogP contribution in [0.15, 0.2) is 65.5 Å². The molecule has 0 saturated carbocycles. The molecule has 1 saturated heterocycles. The van der Waals surface area contributed by atoms with Gasteiger partial charge in [0.25, 0.3) is 11.5 Å². The van der Waals surface area contributed by atoms with Crippen LogP contribution in [0.4, 0.5) is 10.1 Å². The summed E-state index contributed by atoms with van der Waals surface area (Å²) >= 11 is 0. The molecule has 2 heterocycles. The van der Waals surface area contributed by atoms with Crippen LogP contribution in [0.3, 0.4) is 0 Å². The molecule has 0 atom stereocenters. The molecule has 1 aliphatic heterocycles. The second-order valence-electron chi connectivity index (χ2n) is 7.32. The molecule has 31 heavy (non-hydrogen) atoms. The molecule has 4 rings (SSSR count). The van der Waals surface area contributed by atoms with Gasteiger partial charge in [-0.2, -0.15) is 5.10 Å². The average Bonchev–Trinajstić information content (AvgIpc) is 2.81. The summed E-state index contributed by atoms with van der Waals surface area (Å²) in [7, 11) is 1.64. The van der Waals surface area contributed by atoms with E-state index in [-0.39, 0.29) is 29.5 Å². The predicted molar refractivity (Wildman–Crippen MR) is 115 cm³/mol. The van der Waals surface area contributed by atoms with Gasteiger partial charge in [0.2, 0.25) is 0 Å². The number of piperazine rings is 1. The zero-order valence-corrected chi connectivity index (χ0v) is 17.2. The number of amides is 1. The van der Waals surface area contributed by atoms with Crippen LogP contribution >= 0.6 is 0 Å². The van der Waals surface area contributed by atoms with E-state index in [4.69, 9.17) is 4.74 Å². The van der Waals surface area contributed by atoms with Crippen molar-refractivity contribution in [2.45, 2.75) is 6.54 Å². The number of aromatic nitrogens is 2. The van der Waals surface area contributed by atoms with Crippen LogP contribution in [0.1, 0.15) is 16.1 Å². The van der Waals surface area contributed by atoms with Crippen molar-refractivity contribution in [3.05, 3.63) is 88.1 Å². The summed E-state index contributed by atoms with van der Waals surface area (Å²) in [4.78, 5) is 29.1. The number of benzene rings is 2. The van der Waals surface area contributed by atoms with Crippen LogP contribution in [-0.4, -0.2) is 53.9 Å². The van der Waals surface area contributed by atoms with Gasteiger partial charge < -0.3 is 14.5 Å². The second-order valence-corrected chi connectivity index (χ2v) is 7.32. The summed E-state index contributed by atoms with van der Waals surface area (Å²) in [5.74, 6) is 0.253. The van der Waals surface area contributed by atoms with Gasteiger partial charge in [-0.05, 0) is 48.0 Å². The maximum Gasteiger partial charge on any atom is 0.274 e. The first-order valence-corrected chi connectivity index (χ1v) is 10.0. The summed E-state index contributed by atoms with van der Waals surface area (Å²) in [5, 5.41) is 4.25. The van der Waals surface area contributed by atoms with Gasteiger partial charge in [0.15, 0.2) is 0 Å². The topological polar surface area (TPSA) is 67.7 Å². The Morgan fingerprint density at radius 3 is 2.29 bits per heavy atom. The molecule has 1 fully saturated rings. The Kier molecular flexibility index (Phi) is 5.97. The highest BCUT2D eigenvalue weighted by Gasteiger charge is 2.23. The van der Waals surface area contributed by atoms with E-state index in [1.807, 2.05) is 24.3 Å². The number of methoxy groups -OCH3 is 1. The molecule has 0 spiro atoms. The highest BCUT2D eigenvalue weighted by Crippen LogP contribution is 2.21. The lowest BCUT2D eigenvalue weighted by molar-refractivity contribution is 0.0738. The molecular formula is C23H23FN4O3. The van der Waals surface area contributed by atoms with E-state index in [2.05, 4.69) is 10.00 Å². The molecule has 8 heteroatoms. The minimum atomic E-state index is -0.346. The first-order valence-electron chi connectivity index (χ1n) is 10.0. The van der Waals surface area contributed by atoms with Crippen molar-refractivity contribution in [2.24, 2.45) is 0 Å². The first kappa shape index (κ1) is 20.6. The monoisotopic (exact) mass is 422 g/mol. The van der Waals surface area contributed by atoms with Gasteiger partial charge in [-0.1, -0.05) is 12.1 Å². The minimum Gasteiger partial charge on any atom is -0.497 e. The highest BCUT2D eigenvalue weighted by molar-refractivity contribution is 5.92. The fourth-order valence-corrected chi connectivity index (χ4v) is 3.56. The lowest BCUT2D eigenvalue weighted by atomic mass is 10.2. The Balaban J connectivity index is 1.42. The van der Waals surface area contributed by atoms with Crippen LogP contribution in [-0.2, 0) is 6.54 Å². The fraction of sp³-hybridized carbons (Fsp3) is 0.261. The molecule has 1 amide bonds. The van der Waals surface area contributed by atoms with E-state index >= 15 is 0 Å². The summed E-state index contributed by atoms with van der Waals surface area (Å²) in [6.07, 6.45) is 0. The van der Waals surface area contributed by atoms with E-state index in [1.54, 1.807) is 24.1 Å². The Hall–Kier alpha value is -3.68. The molecule has 7 nitrogen and oxygen atoms in total. The largest absolute Gasteiger partial charge is 0.497 e. The number of halogens is 1. The summed E-state index contributed by atoms with van der Waals surface area (Å²) < 4.78 is 19.5. The fourth-order valence-electron chi connectivity index (χ4n) is 3.56. The van der Waals surface area contributed by atoms with Gasteiger partial charge in [0.1, 0.15) is 17.3 Å². The van der Waals surface area contributed by atoms with Gasteiger partial charge in [0, 0.05) is 37.9 Å². The number of hydrogen-bond donors (Lipinski definition) is 0. The van der Waals surface area contributed by atoms with Crippen LogP contribution < -0.4 is 15.2 Å². The summed E-state index contributed by atoms with van der Waals surface area (Å²) in [5.41, 5.74) is 1.72. The molecule has 0 N–H and O–H groups in total. The van der Waals surface area contributed by atoms with Crippen molar-refractivity contribution < 1.29 is 13.9 Å². The van der Waals surface area contributed by atoms with Crippen molar-refractivity contribution in [1.29, 1.82) is 0 Å². The third kappa shape index (κ3) is 4.74. The number of carbonyl (C=O) groups is 1. The third-order valence-corrected chi connectivity index (χ3v) is 5.34. The van der Waals surface area contributed by atoms with E-state index in [1.165, 1.54) is 28.9 Å². The molecule has 1 aromatic heterocycles. The zero-order chi connectivity index (χ0) is 21.8. The van der Waals surface area contributed by atoms with Crippen molar-refractivity contribution >= 4 is 11.6 Å². The summed E-state index contributed by atoms with van der Waals surface area (Å²) in [6.45, 7) is 2.69. The lowest BCUT2D eigenvalue weighted by Gasteiger charge is -2.36. The molecule has 3 aromatic rings. The molecule has 2 aromatic carbocycles. The molecule has 0 aliphatic carbocycles.